The Hall–Kier alpha value is -1.51. The first-order valence-corrected chi connectivity index (χ1v) is 6.84. The van der Waals surface area contributed by atoms with E-state index in [-0.39, 0.29) is 6.03 Å². The summed E-state index contributed by atoms with van der Waals surface area (Å²) < 4.78 is 0. The number of urea groups is 1. The molecule has 1 rings (SSSR count). The van der Waals surface area contributed by atoms with Crippen molar-refractivity contribution in [3.05, 3.63) is 35.9 Å². The molecule has 0 aliphatic rings. The number of amides is 2. The van der Waals surface area contributed by atoms with Crippen LogP contribution in [0.4, 0.5) is 4.79 Å². The van der Waals surface area contributed by atoms with Gasteiger partial charge in [0.1, 0.15) is 0 Å². The van der Waals surface area contributed by atoms with Crippen LogP contribution in [0.3, 0.4) is 0 Å². The number of hydrogen-bond acceptors (Lipinski definition) is 1. The van der Waals surface area contributed by atoms with E-state index in [1.165, 1.54) is 5.56 Å². The average molecular weight is 248 g/mol. The molecular weight excluding hydrogens is 224 g/mol. The Kier molecular flexibility index (Phi) is 6.92. The van der Waals surface area contributed by atoms with Crippen molar-refractivity contribution in [3.8, 4) is 0 Å². The Morgan fingerprint density at radius 3 is 2.39 bits per heavy atom. The van der Waals surface area contributed by atoms with E-state index in [4.69, 9.17) is 0 Å². The third kappa shape index (κ3) is 5.21. The second kappa shape index (κ2) is 8.56. The van der Waals surface area contributed by atoms with Crippen molar-refractivity contribution in [2.24, 2.45) is 0 Å². The van der Waals surface area contributed by atoms with Gasteiger partial charge in [-0.05, 0) is 38.7 Å². The summed E-state index contributed by atoms with van der Waals surface area (Å²) in [5.41, 5.74) is 1.37. The van der Waals surface area contributed by atoms with Gasteiger partial charge in [0, 0.05) is 19.6 Å². The maximum Gasteiger partial charge on any atom is 0.317 e. The molecule has 1 aromatic rings. The van der Waals surface area contributed by atoms with Crippen LogP contribution in [0.1, 0.15) is 32.3 Å². The number of aryl methyl sites for hydroxylation is 1. The van der Waals surface area contributed by atoms with Crippen LogP contribution < -0.4 is 5.32 Å². The fourth-order valence-corrected chi connectivity index (χ4v) is 1.92. The number of unbranched alkanes of at least 4 members (excludes halogenated alkanes) is 1. The summed E-state index contributed by atoms with van der Waals surface area (Å²) >= 11 is 0. The van der Waals surface area contributed by atoms with E-state index in [0.29, 0.717) is 0 Å². The molecule has 0 atom stereocenters. The van der Waals surface area contributed by atoms with Gasteiger partial charge in [-0.15, -0.1) is 0 Å². The molecule has 0 radical (unpaired) electrons. The predicted octanol–water partition coefficient (Wildman–Crippen LogP) is 3.06. The van der Waals surface area contributed by atoms with E-state index in [2.05, 4.69) is 29.6 Å². The second-order valence-electron chi connectivity index (χ2n) is 4.35. The SMILES string of the molecule is CCN(CC)C(=O)NCCCCc1ccccc1. The molecule has 0 aliphatic carbocycles. The fraction of sp³-hybridized carbons (Fsp3) is 0.533. The highest BCUT2D eigenvalue weighted by Gasteiger charge is 2.06. The third-order valence-electron chi connectivity index (χ3n) is 3.06. The van der Waals surface area contributed by atoms with Gasteiger partial charge in [-0.1, -0.05) is 30.3 Å². The first-order chi connectivity index (χ1) is 8.77. The standard InChI is InChI=1S/C15H24N2O/c1-3-17(4-2)15(18)16-13-9-8-12-14-10-6-5-7-11-14/h5-7,10-11H,3-4,8-9,12-13H2,1-2H3,(H,16,18). The van der Waals surface area contributed by atoms with Gasteiger partial charge in [-0.3, -0.25) is 0 Å². The molecule has 1 aromatic carbocycles. The summed E-state index contributed by atoms with van der Waals surface area (Å²) in [6.07, 6.45) is 3.23. The summed E-state index contributed by atoms with van der Waals surface area (Å²) in [6.45, 7) is 6.30. The number of carbonyl (C=O) groups is 1. The Bertz CT molecular complexity index is 334. The number of nitrogens with zero attached hydrogens (tertiary/aromatic N) is 1. The van der Waals surface area contributed by atoms with E-state index in [1.54, 1.807) is 4.90 Å². The molecule has 0 bridgehead atoms. The molecule has 1 N–H and O–H groups in total. The molecule has 0 saturated carbocycles. The summed E-state index contributed by atoms with van der Waals surface area (Å²) in [7, 11) is 0. The Morgan fingerprint density at radius 2 is 1.78 bits per heavy atom. The molecule has 0 unspecified atom stereocenters. The molecule has 3 nitrogen and oxygen atoms in total. The molecule has 18 heavy (non-hydrogen) atoms. The molecular formula is C15H24N2O. The van der Waals surface area contributed by atoms with Crippen molar-refractivity contribution in [3.63, 3.8) is 0 Å². The zero-order valence-corrected chi connectivity index (χ0v) is 11.5. The Labute approximate surface area is 110 Å². The minimum atomic E-state index is 0.0553. The molecule has 0 spiro atoms. The molecule has 3 heteroatoms. The molecule has 2 amide bonds. The number of rotatable bonds is 7. The van der Waals surface area contributed by atoms with Gasteiger partial charge >= 0.3 is 6.03 Å². The number of nitrogens with one attached hydrogen (secondary N) is 1. The normalized spacial score (nSPS) is 10.1. The van der Waals surface area contributed by atoms with Crippen LogP contribution in [0.25, 0.3) is 0 Å². The third-order valence-corrected chi connectivity index (χ3v) is 3.06. The quantitative estimate of drug-likeness (QED) is 0.739. The lowest BCUT2D eigenvalue weighted by molar-refractivity contribution is 0.203. The lowest BCUT2D eigenvalue weighted by Gasteiger charge is -2.19. The first-order valence-electron chi connectivity index (χ1n) is 6.84. The zero-order chi connectivity index (χ0) is 13.2. The summed E-state index contributed by atoms with van der Waals surface area (Å²) in [5, 5.41) is 2.96. The first kappa shape index (κ1) is 14.6. The lowest BCUT2D eigenvalue weighted by atomic mass is 10.1. The van der Waals surface area contributed by atoms with Crippen LogP contribution in [0.2, 0.25) is 0 Å². The van der Waals surface area contributed by atoms with Crippen LogP contribution in [-0.4, -0.2) is 30.6 Å². The van der Waals surface area contributed by atoms with Crippen LogP contribution in [0, 0.1) is 0 Å². The second-order valence-corrected chi connectivity index (χ2v) is 4.35. The molecule has 100 valence electrons. The van der Waals surface area contributed by atoms with Crippen LogP contribution >= 0.6 is 0 Å². The van der Waals surface area contributed by atoms with E-state index in [9.17, 15) is 4.79 Å². The van der Waals surface area contributed by atoms with Gasteiger partial charge in [0.2, 0.25) is 0 Å². The van der Waals surface area contributed by atoms with E-state index in [1.807, 2.05) is 19.9 Å². The summed E-state index contributed by atoms with van der Waals surface area (Å²) in [5.74, 6) is 0. The van der Waals surface area contributed by atoms with Crippen molar-refractivity contribution in [1.29, 1.82) is 0 Å². The number of hydrogen-bond donors (Lipinski definition) is 1. The lowest BCUT2D eigenvalue weighted by Crippen LogP contribution is -2.40. The average Bonchev–Trinajstić information content (AvgIpc) is 2.41. The number of benzene rings is 1. The van der Waals surface area contributed by atoms with Crippen LogP contribution in [0.5, 0.6) is 0 Å². The largest absolute Gasteiger partial charge is 0.338 e. The van der Waals surface area contributed by atoms with Crippen molar-refractivity contribution in [1.82, 2.24) is 10.2 Å². The van der Waals surface area contributed by atoms with Crippen LogP contribution in [0.15, 0.2) is 30.3 Å². The van der Waals surface area contributed by atoms with Gasteiger partial charge in [0.15, 0.2) is 0 Å². The van der Waals surface area contributed by atoms with E-state index >= 15 is 0 Å². The molecule has 0 aliphatic heterocycles. The zero-order valence-electron chi connectivity index (χ0n) is 11.5. The highest BCUT2D eigenvalue weighted by molar-refractivity contribution is 5.73. The van der Waals surface area contributed by atoms with Gasteiger partial charge in [0.25, 0.3) is 0 Å². The van der Waals surface area contributed by atoms with Crippen molar-refractivity contribution < 1.29 is 4.79 Å². The highest BCUT2D eigenvalue weighted by Crippen LogP contribution is 2.03. The monoisotopic (exact) mass is 248 g/mol. The minimum absolute atomic E-state index is 0.0553. The smallest absolute Gasteiger partial charge is 0.317 e. The molecule has 0 fully saturated rings. The Morgan fingerprint density at radius 1 is 1.11 bits per heavy atom. The maximum atomic E-state index is 11.7. The fourth-order valence-electron chi connectivity index (χ4n) is 1.92. The summed E-state index contributed by atoms with van der Waals surface area (Å²) in [4.78, 5) is 13.5. The Balaban J connectivity index is 2.10. The van der Waals surface area contributed by atoms with Crippen molar-refractivity contribution in [2.45, 2.75) is 33.1 Å². The van der Waals surface area contributed by atoms with E-state index in [0.717, 1.165) is 38.9 Å². The summed E-state index contributed by atoms with van der Waals surface area (Å²) in [6, 6.07) is 10.5. The van der Waals surface area contributed by atoms with Crippen molar-refractivity contribution in [2.75, 3.05) is 19.6 Å². The van der Waals surface area contributed by atoms with E-state index < -0.39 is 0 Å². The highest BCUT2D eigenvalue weighted by atomic mass is 16.2. The predicted molar refractivity (Wildman–Crippen MR) is 75.7 cm³/mol. The molecule has 0 aromatic heterocycles. The molecule has 0 heterocycles. The van der Waals surface area contributed by atoms with Crippen molar-refractivity contribution >= 4 is 6.03 Å². The van der Waals surface area contributed by atoms with Crippen LogP contribution in [-0.2, 0) is 6.42 Å². The number of carbonyl (C=O) groups excluding carboxylic acids is 1. The minimum Gasteiger partial charge on any atom is -0.338 e. The van der Waals surface area contributed by atoms with Gasteiger partial charge < -0.3 is 10.2 Å². The van der Waals surface area contributed by atoms with Gasteiger partial charge in [-0.2, -0.15) is 0 Å². The van der Waals surface area contributed by atoms with Gasteiger partial charge in [-0.25, -0.2) is 4.79 Å². The molecule has 0 saturated heterocycles. The topological polar surface area (TPSA) is 32.3 Å². The maximum absolute atomic E-state index is 11.7. The van der Waals surface area contributed by atoms with Gasteiger partial charge in [0.05, 0.1) is 0 Å².